The predicted octanol–water partition coefficient (Wildman–Crippen LogP) is 1.72. The van der Waals surface area contributed by atoms with E-state index in [2.05, 4.69) is 41.5 Å². The quantitative estimate of drug-likeness (QED) is 0.769. The van der Waals surface area contributed by atoms with Crippen LogP contribution in [0.4, 0.5) is 0 Å². The van der Waals surface area contributed by atoms with Crippen LogP contribution in [0, 0.1) is 0 Å². The number of nitrogens with zero attached hydrogens (tertiary/aromatic N) is 2. The van der Waals surface area contributed by atoms with Gasteiger partial charge < -0.3 is 10.1 Å². The maximum Gasteiger partial charge on any atom is 0.107 e. The molecule has 1 heterocycles. The molecule has 1 rings (SSSR count). The molecule has 0 bridgehead atoms. The van der Waals surface area contributed by atoms with Gasteiger partial charge in [-0.1, -0.05) is 6.92 Å². The van der Waals surface area contributed by atoms with Crippen LogP contribution in [0.3, 0.4) is 0 Å². The highest BCUT2D eigenvalue weighted by atomic mass is 32.1. The molecular formula is C12H23N3OS. The van der Waals surface area contributed by atoms with Crippen molar-refractivity contribution >= 4 is 11.3 Å². The molecule has 0 radical (unpaired) electrons. The Kier molecular flexibility index (Phi) is 6.65. The molecule has 0 amide bonds. The highest BCUT2D eigenvalue weighted by Crippen LogP contribution is 2.12. The van der Waals surface area contributed by atoms with Gasteiger partial charge in [-0.2, -0.15) is 0 Å². The molecule has 1 N–H and O–H groups in total. The van der Waals surface area contributed by atoms with Gasteiger partial charge in [0.2, 0.25) is 0 Å². The highest BCUT2D eigenvalue weighted by Gasteiger charge is 2.11. The average molecular weight is 257 g/mol. The van der Waals surface area contributed by atoms with Gasteiger partial charge in [-0.3, -0.25) is 4.90 Å². The third-order valence-electron chi connectivity index (χ3n) is 2.70. The van der Waals surface area contributed by atoms with Gasteiger partial charge in [0.1, 0.15) is 5.01 Å². The molecule has 98 valence electrons. The summed E-state index contributed by atoms with van der Waals surface area (Å²) in [4.78, 5) is 6.86. The van der Waals surface area contributed by atoms with E-state index in [-0.39, 0.29) is 0 Å². The van der Waals surface area contributed by atoms with Crippen LogP contribution >= 0.6 is 11.3 Å². The van der Waals surface area contributed by atoms with E-state index in [4.69, 9.17) is 4.74 Å². The summed E-state index contributed by atoms with van der Waals surface area (Å²) < 4.78 is 5.15. The summed E-state index contributed by atoms with van der Waals surface area (Å²) in [6.45, 7) is 7.76. The molecule has 1 unspecified atom stereocenters. The Labute approximate surface area is 108 Å². The maximum atomic E-state index is 5.15. The second kappa shape index (κ2) is 7.76. The summed E-state index contributed by atoms with van der Waals surface area (Å²) in [5.74, 6) is 0. The van der Waals surface area contributed by atoms with Gasteiger partial charge in [0.05, 0.1) is 12.3 Å². The zero-order valence-corrected chi connectivity index (χ0v) is 12.0. The minimum Gasteiger partial charge on any atom is -0.383 e. The first-order valence-electron chi connectivity index (χ1n) is 6.00. The van der Waals surface area contributed by atoms with Crippen molar-refractivity contribution in [1.82, 2.24) is 15.2 Å². The number of hydrogen-bond donors (Lipinski definition) is 1. The number of likely N-dealkylation sites (N-methyl/N-ethyl adjacent to an activating group) is 1. The third kappa shape index (κ3) is 5.12. The fourth-order valence-corrected chi connectivity index (χ4v) is 2.27. The largest absolute Gasteiger partial charge is 0.383 e. The van der Waals surface area contributed by atoms with Gasteiger partial charge in [-0.05, 0) is 20.5 Å². The van der Waals surface area contributed by atoms with Crippen LogP contribution in [0.2, 0.25) is 0 Å². The molecule has 0 saturated heterocycles. The lowest BCUT2D eigenvalue weighted by atomic mass is 10.3. The summed E-state index contributed by atoms with van der Waals surface area (Å²) in [7, 11) is 3.84. The molecule has 0 aliphatic carbocycles. The number of hydrogen-bond acceptors (Lipinski definition) is 5. The van der Waals surface area contributed by atoms with Crippen LogP contribution < -0.4 is 5.32 Å². The molecule has 1 aromatic heterocycles. The van der Waals surface area contributed by atoms with E-state index in [0.717, 1.165) is 36.9 Å². The second-order valence-electron chi connectivity index (χ2n) is 4.23. The monoisotopic (exact) mass is 257 g/mol. The standard InChI is InChI=1S/C12H23N3OS/c1-5-13-6-12-14-11(9-17-12)7-15(3)10(2)8-16-4/h9-10,13H,5-8H2,1-4H3. The van der Waals surface area contributed by atoms with Gasteiger partial charge in [0, 0.05) is 31.6 Å². The Balaban J connectivity index is 2.42. The molecule has 0 saturated carbocycles. The van der Waals surface area contributed by atoms with Crippen molar-refractivity contribution < 1.29 is 4.74 Å². The molecule has 0 aromatic carbocycles. The molecule has 0 aliphatic rings. The molecule has 17 heavy (non-hydrogen) atoms. The topological polar surface area (TPSA) is 37.4 Å². The molecule has 4 nitrogen and oxygen atoms in total. The predicted molar refractivity (Wildman–Crippen MR) is 72.3 cm³/mol. The molecule has 0 fully saturated rings. The fourth-order valence-electron chi connectivity index (χ4n) is 1.51. The van der Waals surface area contributed by atoms with Gasteiger partial charge >= 0.3 is 0 Å². The minimum absolute atomic E-state index is 0.416. The molecule has 0 aliphatic heterocycles. The zero-order chi connectivity index (χ0) is 12.7. The lowest BCUT2D eigenvalue weighted by molar-refractivity contribution is 0.111. The Hall–Kier alpha value is -0.490. The molecule has 0 spiro atoms. The molecular weight excluding hydrogens is 234 g/mol. The van der Waals surface area contributed by atoms with Crippen molar-refractivity contribution in [2.45, 2.75) is 33.0 Å². The number of methoxy groups -OCH3 is 1. The van der Waals surface area contributed by atoms with Crippen molar-refractivity contribution in [3.63, 3.8) is 0 Å². The van der Waals surface area contributed by atoms with Crippen molar-refractivity contribution in [2.75, 3.05) is 27.3 Å². The van der Waals surface area contributed by atoms with E-state index in [9.17, 15) is 0 Å². The Morgan fingerprint density at radius 2 is 2.35 bits per heavy atom. The van der Waals surface area contributed by atoms with Crippen LogP contribution in [-0.2, 0) is 17.8 Å². The van der Waals surface area contributed by atoms with Gasteiger partial charge in [0.25, 0.3) is 0 Å². The minimum atomic E-state index is 0.416. The third-order valence-corrected chi connectivity index (χ3v) is 3.59. The van der Waals surface area contributed by atoms with Crippen molar-refractivity contribution in [3.05, 3.63) is 16.1 Å². The number of ether oxygens (including phenoxy) is 1. The zero-order valence-electron chi connectivity index (χ0n) is 11.2. The first-order valence-corrected chi connectivity index (χ1v) is 6.88. The highest BCUT2D eigenvalue weighted by molar-refractivity contribution is 7.09. The van der Waals surface area contributed by atoms with Crippen LogP contribution in [0.1, 0.15) is 24.5 Å². The molecule has 1 aromatic rings. The van der Waals surface area contributed by atoms with Crippen LogP contribution in [-0.4, -0.2) is 43.2 Å². The summed E-state index contributed by atoms with van der Waals surface area (Å²) in [6, 6.07) is 0.416. The number of rotatable bonds is 8. The van der Waals surface area contributed by atoms with Crippen molar-refractivity contribution in [2.24, 2.45) is 0 Å². The number of nitrogens with one attached hydrogen (secondary N) is 1. The fraction of sp³-hybridized carbons (Fsp3) is 0.750. The van der Waals surface area contributed by atoms with Crippen LogP contribution in [0.5, 0.6) is 0 Å². The summed E-state index contributed by atoms with van der Waals surface area (Å²) in [6.07, 6.45) is 0. The smallest absolute Gasteiger partial charge is 0.107 e. The number of thiazole rings is 1. The maximum absolute atomic E-state index is 5.15. The van der Waals surface area contributed by atoms with E-state index in [1.807, 2.05) is 0 Å². The molecule has 1 atom stereocenters. The second-order valence-corrected chi connectivity index (χ2v) is 5.18. The van der Waals surface area contributed by atoms with E-state index in [1.54, 1.807) is 18.4 Å². The number of aromatic nitrogens is 1. The van der Waals surface area contributed by atoms with Crippen LogP contribution in [0.15, 0.2) is 5.38 Å². The van der Waals surface area contributed by atoms with Gasteiger partial charge in [-0.15, -0.1) is 11.3 Å². The van der Waals surface area contributed by atoms with E-state index < -0.39 is 0 Å². The molecule has 5 heteroatoms. The van der Waals surface area contributed by atoms with E-state index >= 15 is 0 Å². The Morgan fingerprint density at radius 3 is 3.00 bits per heavy atom. The first kappa shape index (κ1) is 14.6. The van der Waals surface area contributed by atoms with Gasteiger partial charge in [0.15, 0.2) is 0 Å². The summed E-state index contributed by atoms with van der Waals surface area (Å²) >= 11 is 1.73. The average Bonchev–Trinajstić information content (AvgIpc) is 2.74. The van der Waals surface area contributed by atoms with Crippen molar-refractivity contribution in [1.29, 1.82) is 0 Å². The lowest BCUT2D eigenvalue weighted by Gasteiger charge is -2.22. The van der Waals surface area contributed by atoms with Crippen molar-refractivity contribution in [3.8, 4) is 0 Å². The van der Waals surface area contributed by atoms with Crippen LogP contribution in [0.25, 0.3) is 0 Å². The Morgan fingerprint density at radius 1 is 1.59 bits per heavy atom. The van der Waals surface area contributed by atoms with Gasteiger partial charge in [-0.25, -0.2) is 4.98 Å². The van der Waals surface area contributed by atoms with E-state index in [1.165, 1.54) is 0 Å². The van der Waals surface area contributed by atoms with E-state index in [0.29, 0.717) is 6.04 Å². The first-order chi connectivity index (χ1) is 8.17. The lowest BCUT2D eigenvalue weighted by Crippen LogP contribution is -2.32. The normalized spacial score (nSPS) is 13.2. The SMILES string of the molecule is CCNCc1nc(CN(C)C(C)COC)cs1. The summed E-state index contributed by atoms with van der Waals surface area (Å²) in [5.41, 5.74) is 1.15. The summed E-state index contributed by atoms with van der Waals surface area (Å²) in [5, 5.41) is 6.59. The Bertz CT molecular complexity index is 316.